The molecule has 2 rings (SSSR count). The summed E-state index contributed by atoms with van der Waals surface area (Å²) in [6, 6.07) is 8.54. The summed E-state index contributed by atoms with van der Waals surface area (Å²) in [6.45, 7) is 1.08. The number of nitrogens with zero attached hydrogens (tertiary/aromatic N) is 1. The van der Waals surface area contributed by atoms with E-state index >= 15 is 0 Å². The van der Waals surface area contributed by atoms with Crippen molar-refractivity contribution in [3.63, 3.8) is 0 Å². The first kappa shape index (κ1) is 12.7. The molecule has 96 valence electrons. The summed E-state index contributed by atoms with van der Waals surface area (Å²) in [7, 11) is 1.60. The fraction of sp³-hybridized carbons (Fsp3) is 0.385. The van der Waals surface area contributed by atoms with Crippen LogP contribution in [0.5, 0.6) is 0 Å². The van der Waals surface area contributed by atoms with Crippen LogP contribution in [0, 0.1) is 0 Å². The van der Waals surface area contributed by atoms with Gasteiger partial charge in [-0.1, -0.05) is 18.2 Å². The van der Waals surface area contributed by atoms with Gasteiger partial charge < -0.3 is 10.1 Å². The van der Waals surface area contributed by atoms with Gasteiger partial charge in [0.25, 0.3) is 5.91 Å². The average molecular weight is 248 g/mol. The lowest BCUT2D eigenvalue weighted by molar-refractivity contribution is -0.121. The number of para-hydroxylation sites is 1. The van der Waals surface area contributed by atoms with Crippen molar-refractivity contribution in [1.29, 1.82) is 0 Å². The summed E-state index contributed by atoms with van der Waals surface area (Å²) in [5.74, 6) is -0.358. The molecule has 1 aliphatic rings. The molecule has 1 fully saturated rings. The van der Waals surface area contributed by atoms with Crippen molar-refractivity contribution in [2.75, 3.05) is 25.2 Å². The maximum atomic E-state index is 12.1. The number of amides is 2. The summed E-state index contributed by atoms with van der Waals surface area (Å²) in [5, 5.41) is 3.03. The first-order chi connectivity index (χ1) is 8.74. The van der Waals surface area contributed by atoms with Crippen LogP contribution in [-0.2, 0) is 14.3 Å². The molecule has 1 N–H and O–H groups in total. The van der Waals surface area contributed by atoms with E-state index < -0.39 is 6.04 Å². The minimum Gasteiger partial charge on any atom is -0.383 e. The van der Waals surface area contributed by atoms with E-state index in [1.54, 1.807) is 19.2 Å². The predicted molar refractivity (Wildman–Crippen MR) is 67.2 cm³/mol. The molecular formula is C13H16N2O3. The molecule has 0 aromatic heterocycles. The minimum absolute atomic E-state index is 0.166. The smallest absolute Gasteiger partial charge is 0.251 e. The topological polar surface area (TPSA) is 58.6 Å². The van der Waals surface area contributed by atoms with Crippen molar-refractivity contribution in [3.05, 3.63) is 30.3 Å². The molecule has 1 aromatic rings. The van der Waals surface area contributed by atoms with Crippen LogP contribution >= 0.6 is 0 Å². The van der Waals surface area contributed by atoms with Gasteiger partial charge in [0.15, 0.2) is 0 Å². The van der Waals surface area contributed by atoms with E-state index in [1.807, 2.05) is 18.2 Å². The first-order valence-corrected chi connectivity index (χ1v) is 5.88. The van der Waals surface area contributed by atoms with Crippen LogP contribution in [0.25, 0.3) is 0 Å². The van der Waals surface area contributed by atoms with Crippen molar-refractivity contribution in [2.24, 2.45) is 0 Å². The third-order valence-corrected chi connectivity index (χ3v) is 2.86. The predicted octanol–water partition coefficient (Wildman–Crippen LogP) is 0.554. The number of nitrogens with one attached hydrogen (secondary N) is 1. The molecule has 0 unspecified atom stereocenters. The van der Waals surface area contributed by atoms with Crippen LogP contribution in [0.1, 0.15) is 6.42 Å². The number of carbonyl (C=O) groups is 2. The van der Waals surface area contributed by atoms with Gasteiger partial charge in [-0.25, -0.2) is 4.90 Å². The Labute approximate surface area is 106 Å². The largest absolute Gasteiger partial charge is 0.383 e. The number of anilines is 1. The Hall–Kier alpha value is -1.72. The van der Waals surface area contributed by atoms with Crippen molar-refractivity contribution in [1.82, 2.24) is 5.32 Å². The van der Waals surface area contributed by atoms with E-state index in [0.717, 1.165) is 0 Å². The quantitative estimate of drug-likeness (QED) is 0.611. The molecule has 0 spiro atoms. The second kappa shape index (κ2) is 5.75. The van der Waals surface area contributed by atoms with Crippen LogP contribution in [0.2, 0.25) is 0 Å². The maximum Gasteiger partial charge on any atom is 0.251 e. The van der Waals surface area contributed by atoms with Crippen molar-refractivity contribution >= 4 is 17.5 Å². The number of benzene rings is 1. The molecule has 1 aromatic carbocycles. The van der Waals surface area contributed by atoms with Crippen LogP contribution in [0.3, 0.4) is 0 Å². The highest BCUT2D eigenvalue weighted by atomic mass is 16.5. The summed E-state index contributed by atoms with van der Waals surface area (Å²) < 4.78 is 4.90. The zero-order chi connectivity index (χ0) is 13.0. The number of ether oxygens (including phenoxy) is 1. The molecule has 1 aliphatic heterocycles. The van der Waals surface area contributed by atoms with Gasteiger partial charge >= 0.3 is 0 Å². The Morgan fingerprint density at radius 1 is 1.33 bits per heavy atom. The standard InChI is InChI=1S/C13H16N2O3/c1-18-8-7-14-11-9-12(16)15(13(11)17)10-5-3-2-4-6-10/h2-6,11,14H,7-9H2,1H3/t11-/m1/s1. The monoisotopic (exact) mass is 248 g/mol. The maximum absolute atomic E-state index is 12.1. The molecule has 0 bridgehead atoms. The zero-order valence-electron chi connectivity index (χ0n) is 10.3. The van der Waals surface area contributed by atoms with E-state index in [1.165, 1.54) is 4.90 Å². The summed E-state index contributed by atoms with van der Waals surface area (Å²) >= 11 is 0. The Morgan fingerprint density at radius 2 is 2.06 bits per heavy atom. The molecule has 1 saturated heterocycles. The van der Waals surface area contributed by atoms with E-state index in [-0.39, 0.29) is 18.2 Å². The molecule has 2 amide bonds. The second-order valence-electron chi connectivity index (χ2n) is 4.11. The van der Waals surface area contributed by atoms with Crippen LogP contribution in [0.15, 0.2) is 30.3 Å². The highest BCUT2D eigenvalue weighted by molar-refractivity contribution is 6.22. The van der Waals surface area contributed by atoms with Crippen LogP contribution in [0.4, 0.5) is 5.69 Å². The molecule has 5 nitrogen and oxygen atoms in total. The lowest BCUT2D eigenvalue weighted by atomic mass is 10.2. The van der Waals surface area contributed by atoms with Gasteiger partial charge in [-0.2, -0.15) is 0 Å². The van der Waals surface area contributed by atoms with Gasteiger partial charge in [0.2, 0.25) is 5.91 Å². The number of imide groups is 1. The van der Waals surface area contributed by atoms with E-state index in [0.29, 0.717) is 18.8 Å². The molecule has 0 radical (unpaired) electrons. The minimum atomic E-state index is -0.437. The molecule has 1 atom stereocenters. The van der Waals surface area contributed by atoms with Gasteiger partial charge in [-0.3, -0.25) is 9.59 Å². The number of rotatable bonds is 5. The highest BCUT2D eigenvalue weighted by Crippen LogP contribution is 2.22. The molecule has 18 heavy (non-hydrogen) atoms. The number of hydrogen-bond donors (Lipinski definition) is 1. The normalized spacial score (nSPS) is 19.6. The summed E-state index contributed by atoms with van der Waals surface area (Å²) in [6.07, 6.45) is 0.206. The molecular weight excluding hydrogens is 232 g/mol. The SMILES string of the molecule is COCCN[C@@H]1CC(=O)N(c2ccccc2)C1=O. The van der Waals surface area contributed by atoms with Gasteiger partial charge in [-0.15, -0.1) is 0 Å². The third kappa shape index (κ3) is 2.57. The average Bonchev–Trinajstić information content (AvgIpc) is 2.66. The van der Waals surface area contributed by atoms with Gasteiger partial charge in [-0.05, 0) is 12.1 Å². The van der Waals surface area contributed by atoms with Crippen molar-refractivity contribution in [2.45, 2.75) is 12.5 Å². The second-order valence-corrected chi connectivity index (χ2v) is 4.11. The number of methoxy groups -OCH3 is 1. The molecule has 0 saturated carbocycles. The Bertz CT molecular complexity index is 433. The van der Waals surface area contributed by atoms with Gasteiger partial charge in [0, 0.05) is 13.7 Å². The van der Waals surface area contributed by atoms with Gasteiger partial charge in [0.1, 0.15) is 0 Å². The lowest BCUT2D eigenvalue weighted by Gasteiger charge is -2.15. The van der Waals surface area contributed by atoms with E-state index in [4.69, 9.17) is 4.74 Å². The lowest BCUT2D eigenvalue weighted by Crippen LogP contribution is -2.40. The van der Waals surface area contributed by atoms with Gasteiger partial charge in [0.05, 0.1) is 24.8 Å². The Morgan fingerprint density at radius 3 is 2.72 bits per heavy atom. The molecule has 1 heterocycles. The van der Waals surface area contributed by atoms with Crippen LogP contribution in [-0.4, -0.2) is 38.1 Å². The highest BCUT2D eigenvalue weighted by Gasteiger charge is 2.38. The number of carbonyl (C=O) groups excluding carboxylic acids is 2. The fourth-order valence-corrected chi connectivity index (χ4v) is 1.97. The fourth-order valence-electron chi connectivity index (χ4n) is 1.97. The summed E-state index contributed by atoms with van der Waals surface area (Å²) in [5.41, 5.74) is 0.628. The zero-order valence-corrected chi connectivity index (χ0v) is 10.3. The Balaban J connectivity index is 2.06. The van der Waals surface area contributed by atoms with Crippen LogP contribution < -0.4 is 10.2 Å². The third-order valence-electron chi connectivity index (χ3n) is 2.86. The number of hydrogen-bond acceptors (Lipinski definition) is 4. The van der Waals surface area contributed by atoms with Crippen molar-refractivity contribution < 1.29 is 14.3 Å². The molecule has 0 aliphatic carbocycles. The van der Waals surface area contributed by atoms with E-state index in [9.17, 15) is 9.59 Å². The Kier molecular flexibility index (Phi) is 4.07. The van der Waals surface area contributed by atoms with Crippen molar-refractivity contribution in [3.8, 4) is 0 Å². The van der Waals surface area contributed by atoms with E-state index in [2.05, 4.69) is 5.32 Å². The first-order valence-electron chi connectivity index (χ1n) is 5.88. The molecule has 5 heteroatoms. The summed E-state index contributed by atoms with van der Waals surface area (Å²) in [4.78, 5) is 25.2.